The van der Waals surface area contributed by atoms with Gasteiger partial charge in [0.15, 0.2) is 0 Å². The lowest BCUT2D eigenvalue weighted by Gasteiger charge is -2.36. The molecule has 3 aromatic carbocycles. The normalized spacial score (nSPS) is 12.1. The van der Waals surface area contributed by atoms with Gasteiger partial charge in [0.2, 0.25) is 0 Å². The second-order valence-corrected chi connectivity index (χ2v) is 9.31. The number of unbranched alkanes of at least 4 members (excludes halogenated alkanes) is 1. The van der Waals surface area contributed by atoms with Crippen LogP contribution in [0.4, 0.5) is 0 Å². The van der Waals surface area contributed by atoms with Gasteiger partial charge in [-0.3, -0.25) is 0 Å². The van der Waals surface area contributed by atoms with E-state index in [1.807, 2.05) is 36.4 Å². The lowest BCUT2D eigenvalue weighted by atomic mass is 9.66. The lowest BCUT2D eigenvalue weighted by molar-refractivity contribution is 0.350. The smallest absolute Gasteiger partial charge is 0.115 e. The molecule has 3 rings (SSSR count). The molecule has 0 fully saturated rings. The molecular weight excluding hydrogens is 372 g/mol. The molecule has 30 heavy (non-hydrogen) atoms. The lowest BCUT2D eigenvalue weighted by Crippen LogP contribution is -2.29. The van der Waals surface area contributed by atoms with Gasteiger partial charge in [0.05, 0.1) is 0 Å². The first-order chi connectivity index (χ1) is 14.2. The summed E-state index contributed by atoms with van der Waals surface area (Å²) in [4.78, 5) is 0. The predicted octanol–water partition coefficient (Wildman–Crippen LogP) is 6.74. The Hall–Kier alpha value is -2.94. The summed E-state index contributed by atoms with van der Waals surface area (Å²) in [6, 6.07) is 22.2. The highest BCUT2D eigenvalue weighted by Crippen LogP contribution is 2.45. The van der Waals surface area contributed by atoms with Crippen LogP contribution in [-0.2, 0) is 5.41 Å². The zero-order valence-electron chi connectivity index (χ0n) is 18.1. The quantitative estimate of drug-likeness (QED) is 0.302. The topological polar surface area (TPSA) is 60.7 Å². The van der Waals surface area contributed by atoms with Crippen molar-refractivity contribution in [2.24, 2.45) is 5.41 Å². The SMILES string of the molecule is CC(C)(C)CCCCC(c1ccc(O)cc1)(c1ccc(O)cc1)c1ccc(O)cc1. The van der Waals surface area contributed by atoms with Crippen molar-refractivity contribution < 1.29 is 15.3 Å². The van der Waals surface area contributed by atoms with Crippen LogP contribution in [0.15, 0.2) is 72.8 Å². The molecule has 0 aliphatic heterocycles. The average molecular weight is 405 g/mol. The highest BCUT2D eigenvalue weighted by Gasteiger charge is 2.36. The van der Waals surface area contributed by atoms with Gasteiger partial charge in [-0.25, -0.2) is 0 Å². The summed E-state index contributed by atoms with van der Waals surface area (Å²) in [7, 11) is 0. The zero-order valence-corrected chi connectivity index (χ0v) is 18.1. The third-order valence-electron chi connectivity index (χ3n) is 5.81. The maximum Gasteiger partial charge on any atom is 0.115 e. The molecule has 0 saturated heterocycles. The van der Waals surface area contributed by atoms with Crippen molar-refractivity contribution in [2.45, 2.75) is 51.9 Å². The third-order valence-corrected chi connectivity index (χ3v) is 5.81. The van der Waals surface area contributed by atoms with Crippen LogP contribution in [0.1, 0.15) is 63.1 Å². The van der Waals surface area contributed by atoms with Crippen LogP contribution >= 0.6 is 0 Å². The molecule has 0 aliphatic carbocycles. The zero-order chi connectivity index (χ0) is 21.8. The molecule has 158 valence electrons. The van der Waals surface area contributed by atoms with E-state index < -0.39 is 5.41 Å². The van der Waals surface area contributed by atoms with Crippen LogP contribution in [0.25, 0.3) is 0 Å². The van der Waals surface area contributed by atoms with Crippen molar-refractivity contribution in [2.75, 3.05) is 0 Å². The van der Waals surface area contributed by atoms with E-state index in [4.69, 9.17) is 0 Å². The maximum absolute atomic E-state index is 9.87. The summed E-state index contributed by atoms with van der Waals surface area (Å²) in [6.07, 6.45) is 4.16. The average Bonchev–Trinajstić information content (AvgIpc) is 2.70. The predicted molar refractivity (Wildman–Crippen MR) is 122 cm³/mol. The Bertz CT molecular complexity index is 822. The van der Waals surface area contributed by atoms with Gasteiger partial charge < -0.3 is 15.3 Å². The first kappa shape index (κ1) is 21.8. The summed E-state index contributed by atoms with van der Waals surface area (Å²) in [6.45, 7) is 6.79. The van der Waals surface area contributed by atoms with E-state index >= 15 is 0 Å². The first-order valence-electron chi connectivity index (χ1n) is 10.6. The van der Waals surface area contributed by atoms with Gasteiger partial charge in [-0.05, 0) is 71.3 Å². The summed E-state index contributed by atoms with van der Waals surface area (Å²) in [5.41, 5.74) is 3.07. The molecule has 3 aromatic rings. The number of hydrogen-bond donors (Lipinski definition) is 3. The Morgan fingerprint density at radius 3 is 1.10 bits per heavy atom. The Balaban J connectivity index is 2.13. The first-order valence-corrected chi connectivity index (χ1v) is 10.6. The van der Waals surface area contributed by atoms with Crippen molar-refractivity contribution in [1.29, 1.82) is 0 Å². The van der Waals surface area contributed by atoms with Gasteiger partial charge in [-0.2, -0.15) is 0 Å². The monoisotopic (exact) mass is 404 g/mol. The van der Waals surface area contributed by atoms with Crippen LogP contribution < -0.4 is 0 Å². The Morgan fingerprint density at radius 2 is 0.800 bits per heavy atom. The van der Waals surface area contributed by atoms with Crippen molar-refractivity contribution in [1.82, 2.24) is 0 Å². The number of benzene rings is 3. The van der Waals surface area contributed by atoms with Crippen molar-refractivity contribution in [3.63, 3.8) is 0 Å². The second-order valence-electron chi connectivity index (χ2n) is 9.31. The van der Waals surface area contributed by atoms with Crippen molar-refractivity contribution in [3.05, 3.63) is 89.5 Å². The molecule has 3 heteroatoms. The molecule has 0 spiro atoms. The molecule has 0 saturated carbocycles. The van der Waals surface area contributed by atoms with Crippen LogP contribution in [0, 0.1) is 5.41 Å². The highest BCUT2D eigenvalue weighted by molar-refractivity contribution is 5.52. The van der Waals surface area contributed by atoms with Crippen LogP contribution in [0.5, 0.6) is 17.2 Å². The Morgan fingerprint density at radius 1 is 0.500 bits per heavy atom. The standard InChI is InChI=1S/C27H32O3/c1-26(2,3)18-4-5-19-27(20-6-12-23(28)13-7-20,21-8-14-24(29)15-9-21)22-10-16-25(30)17-11-22/h6-17,28-30H,4-5,18-19H2,1-3H3. The molecule has 0 unspecified atom stereocenters. The molecule has 0 bridgehead atoms. The van der Waals surface area contributed by atoms with Gasteiger partial charge in [0, 0.05) is 5.41 Å². The number of hydrogen-bond acceptors (Lipinski definition) is 3. The highest BCUT2D eigenvalue weighted by atomic mass is 16.3. The van der Waals surface area contributed by atoms with Gasteiger partial charge in [-0.15, -0.1) is 0 Å². The van der Waals surface area contributed by atoms with E-state index in [1.54, 1.807) is 36.4 Å². The maximum atomic E-state index is 9.87. The van der Waals surface area contributed by atoms with E-state index in [1.165, 1.54) is 0 Å². The number of phenolic OH excluding ortho intramolecular Hbond substituents is 3. The van der Waals surface area contributed by atoms with Crippen LogP contribution in [0.2, 0.25) is 0 Å². The molecule has 0 heterocycles. The molecule has 0 radical (unpaired) electrons. The molecule has 0 atom stereocenters. The summed E-state index contributed by atoms with van der Waals surface area (Å²) in [5, 5.41) is 29.6. The van der Waals surface area contributed by atoms with E-state index in [0.29, 0.717) is 0 Å². The fourth-order valence-corrected chi connectivity index (χ4v) is 4.22. The molecule has 0 aromatic heterocycles. The summed E-state index contributed by atoms with van der Waals surface area (Å²) in [5.74, 6) is 0.699. The summed E-state index contributed by atoms with van der Waals surface area (Å²) >= 11 is 0. The third kappa shape index (κ3) is 4.96. The van der Waals surface area contributed by atoms with E-state index in [-0.39, 0.29) is 22.7 Å². The van der Waals surface area contributed by atoms with E-state index in [2.05, 4.69) is 20.8 Å². The van der Waals surface area contributed by atoms with Crippen LogP contribution in [0.3, 0.4) is 0 Å². The molecule has 0 aliphatic rings. The number of aromatic hydroxyl groups is 3. The Kier molecular flexibility index (Phi) is 6.40. The molecule has 3 nitrogen and oxygen atoms in total. The van der Waals surface area contributed by atoms with Gasteiger partial charge in [0.1, 0.15) is 17.2 Å². The van der Waals surface area contributed by atoms with Crippen molar-refractivity contribution in [3.8, 4) is 17.2 Å². The van der Waals surface area contributed by atoms with E-state index in [0.717, 1.165) is 42.4 Å². The molecule has 3 N–H and O–H groups in total. The number of phenols is 3. The largest absolute Gasteiger partial charge is 0.508 e. The fraction of sp³-hybridized carbons (Fsp3) is 0.333. The minimum atomic E-state index is -0.451. The van der Waals surface area contributed by atoms with Gasteiger partial charge in [0.25, 0.3) is 0 Å². The van der Waals surface area contributed by atoms with Gasteiger partial charge in [-0.1, -0.05) is 70.0 Å². The van der Waals surface area contributed by atoms with Crippen molar-refractivity contribution >= 4 is 0 Å². The van der Waals surface area contributed by atoms with Crippen LogP contribution in [-0.4, -0.2) is 15.3 Å². The van der Waals surface area contributed by atoms with E-state index in [9.17, 15) is 15.3 Å². The fourth-order valence-electron chi connectivity index (χ4n) is 4.22. The minimum Gasteiger partial charge on any atom is -0.508 e. The number of rotatable bonds is 7. The summed E-state index contributed by atoms with van der Waals surface area (Å²) < 4.78 is 0. The van der Waals surface area contributed by atoms with Gasteiger partial charge >= 0.3 is 0 Å². The minimum absolute atomic E-state index is 0.233. The molecule has 0 amide bonds. The second kappa shape index (κ2) is 8.83. The molecular formula is C27H32O3. The Labute approximate surface area is 179 Å².